The molecule has 2 N–H and O–H groups in total. The molecule has 0 radical (unpaired) electrons. The fraction of sp³-hybridized carbons (Fsp3) is 0.533. The van der Waals surface area contributed by atoms with Crippen molar-refractivity contribution in [2.75, 3.05) is 13.1 Å². The first-order chi connectivity index (χ1) is 10.2. The number of carbonyl (C=O) groups excluding carboxylic acids is 1. The van der Waals surface area contributed by atoms with E-state index >= 15 is 0 Å². The summed E-state index contributed by atoms with van der Waals surface area (Å²) in [4.78, 5) is 13.7. The van der Waals surface area contributed by atoms with Gasteiger partial charge in [0, 0.05) is 24.7 Å². The highest BCUT2D eigenvalue weighted by atomic mass is 19.4. The van der Waals surface area contributed by atoms with Crippen molar-refractivity contribution in [3.63, 3.8) is 0 Å². The second-order valence-electron chi connectivity index (χ2n) is 5.72. The predicted octanol–water partition coefficient (Wildman–Crippen LogP) is 3.04. The summed E-state index contributed by atoms with van der Waals surface area (Å²) in [6.45, 7) is 2.73. The molecular formula is C15H18F4N2O. The normalized spacial score (nSPS) is 18.4. The first-order valence-corrected chi connectivity index (χ1v) is 7.11. The van der Waals surface area contributed by atoms with E-state index in [1.165, 1.54) is 4.90 Å². The van der Waals surface area contributed by atoms with Gasteiger partial charge in [0.25, 0.3) is 5.91 Å². The largest absolute Gasteiger partial charge is 0.416 e. The van der Waals surface area contributed by atoms with E-state index in [9.17, 15) is 22.4 Å². The summed E-state index contributed by atoms with van der Waals surface area (Å²) in [5, 5.41) is 0. The van der Waals surface area contributed by atoms with Gasteiger partial charge >= 0.3 is 6.18 Å². The van der Waals surface area contributed by atoms with E-state index in [0.29, 0.717) is 44.0 Å². The van der Waals surface area contributed by atoms with Crippen molar-refractivity contribution in [2.45, 2.75) is 32.0 Å². The quantitative estimate of drug-likeness (QED) is 0.852. The van der Waals surface area contributed by atoms with Crippen molar-refractivity contribution in [3.8, 4) is 0 Å². The summed E-state index contributed by atoms with van der Waals surface area (Å²) in [7, 11) is 0. The lowest BCUT2D eigenvalue weighted by Gasteiger charge is -2.33. The molecule has 0 aliphatic carbocycles. The fourth-order valence-corrected chi connectivity index (χ4v) is 2.69. The van der Waals surface area contributed by atoms with E-state index in [0.717, 1.165) is 6.07 Å². The van der Waals surface area contributed by atoms with Crippen LogP contribution in [0.2, 0.25) is 0 Å². The lowest BCUT2D eigenvalue weighted by atomic mass is 9.90. The van der Waals surface area contributed by atoms with E-state index in [2.05, 4.69) is 0 Å². The Morgan fingerprint density at radius 2 is 1.86 bits per heavy atom. The molecular weight excluding hydrogens is 300 g/mol. The molecule has 0 spiro atoms. The minimum atomic E-state index is -4.68. The van der Waals surface area contributed by atoms with E-state index in [1.807, 2.05) is 6.92 Å². The van der Waals surface area contributed by atoms with Crippen LogP contribution < -0.4 is 5.73 Å². The number of nitrogens with zero attached hydrogens (tertiary/aromatic N) is 1. The Kier molecular flexibility index (Phi) is 4.75. The molecule has 1 heterocycles. The van der Waals surface area contributed by atoms with Gasteiger partial charge in [-0.25, -0.2) is 4.39 Å². The van der Waals surface area contributed by atoms with Crippen LogP contribution in [0.4, 0.5) is 17.6 Å². The summed E-state index contributed by atoms with van der Waals surface area (Å²) < 4.78 is 51.4. The predicted molar refractivity (Wildman–Crippen MR) is 73.7 cm³/mol. The maximum absolute atomic E-state index is 13.4. The molecule has 1 aromatic carbocycles. The third kappa shape index (κ3) is 3.76. The summed E-state index contributed by atoms with van der Waals surface area (Å²) >= 11 is 0. The Labute approximate surface area is 126 Å². The number of rotatable bonds is 2. The Bertz CT molecular complexity index is 549. The summed E-state index contributed by atoms with van der Waals surface area (Å²) in [5.41, 5.74) is 4.39. The van der Waals surface area contributed by atoms with Gasteiger partial charge in [0.05, 0.1) is 5.56 Å². The van der Waals surface area contributed by atoms with E-state index in [1.54, 1.807) is 0 Å². The van der Waals surface area contributed by atoms with Crippen molar-refractivity contribution in [3.05, 3.63) is 35.1 Å². The molecule has 1 fully saturated rings. The highest BCUT2D eigenvalue weighted by Gasteiger charge is 2.33. The third-order valence-electron chi connectivity index (χ3n) is 4.04. The Morgan fingerprint density at radius 1 is 1.27 bits per heavy atom. The summed E-state index contributed by atoms with van der Waals surface area (Å²) in [6.07, 6.45) is -3.28. The molecule has 122 valence electrons. The van der Waals surface area contributed by atoms with Crippen LogP contribution in [-0.2, 0) is 6.18 Å². The number of piperidine rings is 1. The average Bonchev–Trinajstić information content (AvgIpc) is 2.45. The molecule has 1 aromatic rings. The third-order valence-corrected chi connectivity index (χ3v) is 4.04. The Balaban J connectivity index is 2.15. The van der Waals surface area contributed by atoms with Crippen LogP contribution in [0.25, 0.3) is 0 Å². The summed E-state index contributed by atoms with van der Waals surface area (Å²) in [6, 6.07) is 1.94. The van der Waals surface area contributed by atoms with Crippen LogP contribution in [0.15, 0.2) is 18.2 Å². The van der Waals surface area contributed by atoms with Crippen LogP contribution >= 0.6 is 0 Å². The van der Waals surface area contributed by atoms with Gasteiger partial charge < -0.3 is 10.6 Å². The van der Waals surface area contributed by atoms with Gasteiger partial charge in [-0.05, 0) is 43.9 Å². The van der Waals surface area contributed by atoms with E-state index in [4.69, 9.17) is 5.73 Å². The molecule has 7 heteroatoms. The highest BCUT2D eigenvalue weighted by Crippen LogP contribution is 2.31. The maximum Gasteiger partial charge on any atom is 0.416 e. The molecule has 0 saturated carbocycles. The van der Waals surface area contributed by atoms with Gasteiger partial charge in [-0.15, -0.1) is 0 Å². The number of alkyl halides is 3. The molecule has 1 atom stereocenters. The molecule has 1 aliphatic rings. The van der Waals surface area contributed by atoms with Crippen molar-refractivity contribution >= 4 is 5.91 Å². The Hall–Kier alpha value is -1.63. The SMILES string of the molecule is CC(N)C1CCN(C(=O)c2cc(F)cc(C(F)(F)F)c2)CC1. The first-order valence-electron chi connectivity index (χ1n) is 7.11. The number of amides is 1. The highest BCUT2D eigenvalue weighted by molar-refractivity contribution is 5.94. The van der Waals surface area contributed by atoms with Crippen LogP contribution in [-0.4, -0.2) is 29.9 Å². The number of hydrogen-bond acceptors (Lipinski definition) is 2. The van der Waals surface area contributed by atoms with Gasteiger partial charge in [-0.3, -0.25) is 4.79 Å². The van der Waals surface area contributed by atoms with Gasteiger partial charge in [-0.2, -0.15) is 13.2 Å². The number of benzene rings is 1. The van der Waals surface area contributed by atoms with Crippen molar-refractivity contribution in [1.82, 2.24) is 4.90 Å². The van der Waals surface area contributed by atoms with Crippen LogP contribution in [0.3, 0.4) is 0 Å². The molecule has 1 aliphatic heterocycles. The lowest BCUT2D eigenvalue weighted by molar-refractivity contribution is -0.137. The zero-order valence-electron chi connectivity index (χ0n) is 12.2. The number of hydrogen-bond donors (Lipinski definition) is 1. The standard InChI is InChI=1S/C15H18F4N2O/c1-9(20)10-2-4-21(5-3-10)14(22)11-6-12(15(17,18)19)8-13(16)7-11/h6-10H,2-5,20H2,1H3. The number of carbonyl (C=O) groups is 1. The van der Waals surface area contributed by atoms with E-state index in [-0.39, 0.29) is 11.6 Å². The number of halogens is 4. The van der Waals surface area contributed by atoms with E-state index < -0.39 is 23.5 Å². The monoisotopic (exact) mass is 318 g/mol. The second kappa shape index (κ2) is 6.24. The lowest BCUT2D eigenvalue weighted by Crippen LogP contribution is -2.42. The Morgan fingerprint density at radius 3 is 2.36 bits per heavy atom. The van der Waals surface area contributed by atoms with Crippen LogP contribution in [0.5, 0.6) is 0 Å². The number of nitrogens with two attached hydrogens (primary N) is 1. The van der Waals surface area contributed by atoms with Crippen molar-refractivity contribution < 1.29 is 22.4 Å². The van der Waals surface area contributed by atoms with Gasteiger partial charge in [0.15, 0.2) is 0 Å². The van der Waals surface area contributed by atoms with Gasteiger partial charge in [0.2, 0.25) is 0 Å². The zero-order chi connectivity index (χ0) is 16.5. The molecule has 22 heavy (non-hydrogen) atoms. The molecule has 2 rings (SSSR count). The minimum Gasteiger partial charge on any atom is -0.339 e. The van der Waals surface area contributed by atoms with Crippen molar-refractivity contribution in [2.24, 2.45) is 11.7 Å². The molecule has 1 amide bonds. The van der Waals surface area contributed by atoms with Gasteiger partial charge in [-0.1, -0.05) is 0 Å². The first kappa shape index (κ1) is 16.7. The van der Waals surface area contributed by atoms with Crippen molar-refractivity contribution in [1.29, 1.82) is 0 Å². The average molecular weight is 318 g/mol. The summed E-state index contributed by atoms with van der Waals surface area (Å²) in [5.74, 6) is -1.35. The molecule has 1 unspecified atom stereocenters. The topological polar surface area (TPSA) is 46.3 Å². The molecule has 0 bridgehead atoms. The van der Waals surface area contributed by atoms with Crippen LogP contribution in [0, 0.1) is 11.7 Å². The molecule has 0 aromatic heterocycles. The zero-order valence-corrected chi connectivity index (χ0v) is 12.2. The smallest absolute Gasteiger partial charge is 0.339 e. The van der Waals surface area contributed by atoms with Gasteiger partial charge in [0.1, 0.15) is 5.82 Å². The minimum absolute atomic E-state index is 0.0169. The molecule has 3 nitrogen and oxygen atoms in total. The second-order valence-corrected chi connectivity index (χ2v) is 5.72. The maximum atomic E-state index is 13.4. The number of likely N-dealkylation sites (tertiary alicyclic amines) is 1. The van der Waals surface area contributed by atoms with Crippen LogP contribution in [0.1, 0.15) is 35.7 Å². The molecule has 1 saturated heterocycles. The fourth-order valence-electron chi connectivity index (χ4n) is 2.69.